The van der Waals surface area contributed by atoms with E-state index in [0.29, 0.717) is 5.92 Å². The van der Waals surface area contributed by atoms with E-state index in [4.69, 9.17) is 5.73 Å². The first-order chi connectivity index (χ1) is 8.27. The Morgan fingerprint density at radius 1 is 1.29 bits per heavy atom. The van der Waals surface area contributed by atoms with Crippen LogP contribution in [0.4, 0.5) is 0 Å². The molecule has 92 valence electrons. The number of hydrogen-bond acceptors (Lipinski definition) is 2. The molecule has 1 atom stereocenters. The lowest BCUT2D eigenvalue weighted by molar-refractivity contribution is -0.122. The van der Waals surface area contributed by atoms with Gasteiger partial charge in [0.2, 0.25) is 5.91 Å². The molecule has 0 saturated heterocycles. The smallest absolute Gasteiger partial charge is 0.241 e. The van der Waals surface area contributed by atoms with Crippen molar-refractivity contribution >= 4 is 5.91 Å². The second-order valence-corrected chi connectivity index (χ2v) is 4.78. The first kappa shape index (κ1) is 12.1. The zero-order valence-corrected chi connectivity index (χ0v) is 10.1. The molecule has 2 rings (SSSR count). The van der Waals surface area contributed by atoms with Gasteiger partial charge in [0.25, 0.3) is 0 Å². The SMILES string of the molecule is N[C@H](C(=O)NCC1CCCC1)c1ccccc1. The predicted molar refractivity (Wildman–Crippen MR) is 68.3 cm³/mol. The van der Waals surface area contributed by atoms with Crippen LogP contribution in [0.5, 0.6) is 0 Å². The Morgan fingerprint density at radius 3 is 2.59 bits per heavy atom. The molecule has 17 heavy (non-hydrogen) atoms. The molecule has 1 amide bonds. The summed E-state index contributed by atoms with van der Waals surface area (Å²) in [5, 5.41) is 2.96. The third-order valence-corrected chi connectivity index (χ3v) is 3.48. The summed E-state index contributed by atoms with van der Waals surface area (Å²) in [6.07, 6.45) is 5.07. The molecule has 3 heteroatoms. The summed E-state index contributed by atoms with van der Waals surface area (Å²) >= 11 is 0. The molecule has 1 aromatic rings. The number of nitrogens with one attached hydrogen (secondary N) is 1. The Bertz CT molecular complexity index is 358. The maximum Gasteiger partial charge on any atom is 0.241 e. The third kappa shape index (κ3) is 3.30. The van der Waals surface area contributed by atoms with Gasteiger partial charge in [-0.1, -0.05) is 43.2 Å². The summed E-state index contributed by atoms with van der Waals surface area (Å²) in [5.41, 5.74) is 6.78. The minimum absolute atomic E-state index is 0.0666. The zero-order valence-electron chi connectivity index (χ0n) is 10.1. The van der Waals surface area contributed by atoms with Crippen molar-refractivity contribution < 1.29 is 4.79 Å². The number of carbonyl (C=O) groups excluding carboxylic acids is 1. The average molecular weight is 232 g/mol. The van der Waals surface area contributed by atoms with E-state index in [1.165, 1.54) is 25.7 Å². The van der Waals surface area contributed by atoms with Gasteiger partial charge in [-0.05, 0) is 24.3 Å². The third-order valence-electron chi connectivity index (χ3n) is 3.48. The van der Waals surface area contributed by atoms with Crippen LogP contribution in [0.15, 0.2) is 30.3 Å². The summed E-state index contributed by atoms with van der Waals surface area (Å²) in [7, 11) is 0. The van der Waals surface area contributed by atoms with Crippen LogP contribution in [0.3, 0.4) is 0 Å². The molecule has 0 aromatic heterocycles. The van der Waals surface area contributed by atoms with Crippen LogP contribution in [-0.2, 0) is 4.79 Å². The largest absolute Gasteiger partial charge is 0.354 e. The van der Waals surface area contributed by atoms with Crippen molar-refractivity contribution in [1.82, 2.24) is 5.32 Å². The number of benzene rings is 1. The molecular formula is C14H20N2O. The maximum absolute atomic E-state index is 11.9. The lowest BCUT2D eigenvalue weighted by Crippen LogP contribution is -2.36. The Labute approximate surface area is 102 Å². The molecule has 3 nitrogen and oxygen atoms in total. The molecule has 0 heterocycles. The molecule has 1 fully saturated rings. The number of carbonyl (C=O) groups is 1. The molecule has 0 spiro atoms. The van der Waals surface area contributed by atoms with E-state index in [-0.39, 0.29) is 5.91 Å². The van der Waals surface area contributed by atoms with Crippen LogP contribution < -0.4 is 11.1 Å². The van der Waals surface area contributed by atoms with Crippen LogP contribution in [0.2, 0.25) is 0 Å². The summed E-state index contributed by atoms with van der Waals surface area (Å²) in [4.78, 5) is 11.9. The number of amides is 1. The molecule has 1 aliphatic carbocycles. The zero-order chi connectivity index (χ0) is 12.1. The van der Waals surface area contributed by atoms with E-state index in [1.54, 1.807) is 0 Å². The fourth-order valence-corrected chi connectivity index (χ4v) is 2.38. The lowest BCUT2D eigenvalue weighted by atomic mass is 10.1. The first-order valence-corrected chi connectivity index (χ1v) is 6.35. The van der Waals surface area contributed by atoms with Gasteiger partial charge < -0.3 is 11.1 Å². The monoisotopic (exact) mass is 232 g/mol. The minimum atomic E-state index is -0.544. The Balaban J connectivity index is 1.83. The standard InChI is InChI=1S/C14H20N2O/c15-13(12-8-2-1-3-9-12)14(17)16-10-11-6-4-5-7-11/h1-3,8-9,11,13H,4-7,10,15H2,(H,16,17)/t13-/m0/s1. The van der Waals surface area contributed by atoms with Gasteiger partial charge in [0.05, 0.1) is 0 Å². The summed E-state index contributed by atoms with van der Waals surface area (Å²) in [6.45, 7) is 0.777. The van der Waals surface area contributed by atoms with Gasteiger partial charge in [0.1, 0.15) is 6.04 Å². The van der Waals surface area contributed by atoms with Gasteiger partial charge in [0, 0.05) is 6.54 Å². The fourth-order valence-electron chi connectivity index (χ4n) is 2.38. The molecule has 1 saturated carbocycles. The maximum atomic E-state index is 11.9. The van der Waals surface area contributed by atoms with Gasteiger partial charge in [-0.15, -0.1) is 0 Å². The highest BCUT2D eigenvalue weighted by molar-refractivity contribution is 5.82. The molecule has 1 aliphatic rings. The topological polar surface area (TPSA) is 55.1 Å². The highest BCUT2D eigenvalue weighted by Gasteiger charge is 2.19. The number of nitrogens with two attached hydrogens (primary N) is 1. The van der Waals surface area contributed by atoms with Gasteiger partial charge in [-0.2, -0.15) is 0 Å². The minimum Gasteiger partial charge on any atom is -0.354 e. The van der Waals surface area contributed by atoms with E-state index < -0.39 is 6.04 Å². The molecule has 0 aliphatic heterocycles. The molecule has 1 aromatic carbocycles. The van der Waals surface area contributed by atoms with Crippen molar-refractivity contribution in [3.05, 3.63) is 35.9 Å². The van der Waals surface area contributed by atoms with Crippen LogP contribution in [0, 0.1) is 5.92 Å². The first-order valence-electron chi connectivity index (χ1n) is 6.35. The Kier molecular flexibility index (Phi) is 4.15. The van der Waals surface area contributed by atoms with Crippen molar-refractivity contribution in [2.45, 2.75) is 31.7 Å². The van der Waals surface area contributed by atoms with Crippen molar-refractivity contribution in [1.29, 1.82) is 0 Å². The van der Waals surface area contributed by atoms with Crippen LogP contribution in [-0.4, -0.2) is 12.5 Å². The Morgan fingerprint density at radius 2 is 1.94 bits per heavy atom. The lowest BCUT2D eigenvalue weighted by Gasteiger charge is -2.15. The van der Waals surface area contributed by atoms with Gasteiger partial charge in [-0.25, -0.2) is 0 Å². The van der Waals surface area contributed by atoms with E-state index in [0.717, 1.165) is 12.1 Å². The summed E-state index contributed by atoms with van der Waals surface area (Å²) < 4.78 is 0. The highest BCUT2D eigenvalue weighted by atomic mass is 16.2. The van der Waals surface area contributed by atoms with Crippen molar-refractivity contribution in [3.63, 3.8) is 0 Å². The molecule has 0 unspecified atom stereocenters. The van der Waals surface area contributed by atoms with Gasteiger partial charge in [0.15, 0.2) is 0 Å². The van der Waals surface area contributed by atoms with Crippen LogP contribution in [0.25, 0.3) is 0 Å². The second kappa shape index (κ2) is 5.82. The van der Waals surface area contributed by atoms with E-state index in [2.05, 4.69) is 5.32 Å². The number of rotatable bonds is 4. The quantitative estimate of drug-likeness (QED) is 0.834. The Hall–Kier alpha value is -1.35. The van der Waals surface area contributed by atoms with Crippen LogP contribution >= 0.6 is 0 Å². The number of hydrogen-bond donors (Lipinski definition) is 2. The highest BCUT2D eigenvalue weighted by Crippen LogP contribution is 2.23. The summed E-state index contributed by atoms with van der Waals surface area (Å²) in [5.74, 6) is 0.588. The van der Waals surface area contributed by atoms with Crippen molar-refractivity contribution in [3.8, 4) is 0 Å². The van der Waals surface area contributed by atoms with Gasteiger partial charge >= 0.3 is 0 Å². The summed E-state index contributed by atoms with van der Waals surface area (Å²) in [6, 6.07) is 8.96. The fraction of sp³-hybridized carbons (Fsp3) is 0.500. The predicted octanol–water partition coefficient (Wildman–Crippen LogP) is 1.99. The normalized spacial score (nSPS) is 17.9. The molecule has 0 bridgehead atoms. The van der Waals surface area contributed by atoms with E-state index in [1.807, 2.05) is 30.3 Å². The molecular weight excluding hydrogens is 212 g/mol. The van der Waals surface area contributed by atoms with Crippen LogP contribution in [0.1, 0.15) is 37.3 Å². The van der Waals surface area contributed by atoms with Gasteiger partial charge in [-0.3, -0.25) is 4.79 Å². The molecule has 0 radical (unpaired) electrons. The van der Waals surface area contributed by atoms with E-state index >= 15 is 0 Å². The van der Waals surface area contributed by atoms with E-state index in [9.17, 15) is 4.79 Å². The molecule has 3 N–H and O–H groups in total. The second-order valence-electron chi connectivity index (χ2n) is 4.78. The van der Waals surface area contributed by atoms with Crippen molar-refractivity contribution in [2.24, 2.45) is 11.7 Å². The van der Waals surface area contributed by atoms with Crippen molar-refractivity contribution in [2.75, 3.05) is 6.54 Å². The average Bonchev–Trinajstić information content (AvgIpc) is 2.89.